The van der Waals surface area contributed by atoms with E-state index < -0.39 is 0 Å². The molecule has 0 aliphatic rings. The fraction of sp³-hybridized carbons (Fsp3) is 0. The zero-order chi connectivity index (χ0) is 18.3. The van der Waals surface area contributed by atoms with Crippen molar-refractivity contribution in [1.29, 1.82) is 0 Å². The van der Waals surface area contributed by atoms with Crippen LogP contribution in [0.4, 0.5) is 0 Å². The van der Waals surface area contributed by atoms with Crippen LogP contribution >= 0.6 is 15.9 Å². The second-order valence-electron chi connectivity index (χ2n) is 6.71. The number of fused-ring (bicyclic) bond motifs is 9. The SMILES string of the molecule is O=c1c2c(Br)cccc2n2c3ccc4c5ccccc5ccc4c3c(=O)n12. The predicted octanol–water partition coefficient (Wildman–Crippen LogP) is 4.57. The summed E-state index contributed by atoms with van der Waals surface area (Å²) in [5.41, 5.74) is 0.890. The molecule has 0 saturated carbocycles. The van der Waals surface area contributed by atoms with Gasteiger partial charge in [-0.25, -0.2) is 4.52 Å². The Hall–Kier alpha value is -3.18. The molecule has 0 amide bonds. The average Bonchev–Trinajstić information content (AvgIpc) is 3.16. The number of hydrogen-bond donors (Lipinski definition) is 0. The molecule has 0 spiro atoms. The molecule has 27 heavy (non-hydrogen) atoms. The first-order valence-corrected chi connectivity index (χ1v) is 9.38. The van der Waals surface area contributed by atoms with Gasteiger partial charge >= 0.3 is 0 Å². The molecule has 0 fully saturated rings. The summed E-state index contributed by atoms with van der Waals surface area (Å²) in [5, 5.41) is 5.22. The van der Waals surface area contributed by atoms with Crippen molar-refractivity contribution in [3.63, 3.8) is 0 Å². The molecule has 0 aliphatic heterocycles. The largest absolute Gasteiger partial charge is 0.283 e. The Bertz CT molecular complexity index is 1680. The van der Waals surface area contributed by atoms with Gasteiger partial charge in [0.25, 0.3) is 11.1 Å². The summed E-state index contributed by atoms with van der Waals surface area (Å²) in [4.78, 5) is 26.2. The number of rotatable bonds is 0. The van der Waals surface area contributed by atoms with Gasteiger partial charge in [0.05, 0.1) is 21.8 Å². The molecule has 0 bridgehead atoms. The van der Waals surface area contributed by atoms with Gasteiger partial charge in [0.15, 0.2) is 0 Å². The molecule has 0 atom stereocenters. The molecule has 0 unspecified atom stereocenters. The highest BCUT2D eigenvalue weighted by atomic mass is 79.9. The zero-order valence-electron chi connectivity index (χ0n) is 13.9. The molecule has 2 heterocycles. The predicted molar refractivity (Wildman–Crippen MR) is 112 cm³/mol. The van der Waals surface area contributed by atoms with Gasteiger partial charge in [0.1, 0.15) is 0 Å². The standard InChI is InChI=1S/C22H11BrN2O2/c23-16-6-3-7-17-20(16)22(27)25-21(26)19-15-9-8-12-4-1-2-5-13(12)14(15)10-11-18(19)24(17)25/h1-11H. The van der Waals surface area contributed by atoms with Crippen molar-refractivity contribution in [1.82, 2.24) is 9.03 Å². The number of hydrogen-bond acceptors (Lipinski definition) is 2. The molecule has 6 rings (SSSR count). The number of benzene rings is 4. The Labute approximate surface area is 160 Å². The van der Waals surface area contributed by atoms with E-state index in [1.807, 2.05) is 54.6 Å². The van der Waals surface area contributed by atoms with E-state index in [0.29, 0.717) is 15.2 Å². The maximum atomic E-state index is 13.3. The highest BCUT2D eigenvalue weighted by molar-refractivity contribution is 9.10. The molecule has 0 N–H and O–H groups in total. The molecule has 4 aromatic carbocycles. The van der Waals surface area contributed by atoms with E-state index >= 15 is 0 Å². The van der Waals surface area contributed by atoms with Crippen LogP contribution in [0.3, 0.4) is 0 Å². The smallest absolute Gasteiger partial charge is 0.267 e. The van der Waals surface area contributed by atoms with Crippen LogP contribution in [-0.4, -0.2) is 9.03 Å². The molecule has 0 radical (unpaired) electrons. The van der Waals surface area contributed by atoms with Gasteiger partial charge < -0.3 is 0 Å². The molecule has 128 valence electrons. The van der Waals surface area contributed by atoms with Crippen LogP contribution in [0.2, 0.25) is 0 Å². The maximum Gasteiger partial charge on any atom is 0.283 e. The fourth-order valence-electron chi connectivity index (χ4n) is 4.21. The summed E-state index contributed by atoms with van der Waals surface area (Å²) in [6.45, 7) is 0. The van der Waals surface area contributed by atoms with Crippen LogP contribution in [0.5, 0.6) is 0 Å². The third-order valence-electron chi connectivity index (χ3n) is 5.36. The van der Waals surface area contributed by atoms with E-state index in [2.05, 4.69) is 28.1 Å². The Kier molecular flexibility index (Phi) is 2.74. The lowest BCUT2D eigenvalue weighted by atomic mass is 10.00. The van der Waals surface area contributed by atoms with Crippen molar-refractivity contribution in [2.24, 2.45) is 0 Å². The summed E-state index contributed by atoms with van der Waals surface area (Å²) in [6, 6.07) is 21.6. The topological polar surface area (TPSA) is 43.0 Å². The Morgan fingerprint density at radius 2 is 1.33 bits per heavy atom. The van der Waals surface area contributed by atoms with E-state index in [0.717, 1.165) is 32.6 Å². The van der Waals surface area contributed by atoms with Crippen molar-refractivity contribution in [2.75, 3.05) is 0 Å². The third kappa shape index (κ3) is 1.72. The van der Waals surface area contributed by atoms with Gasteiger partial charge in [-0.3, -0.25) is 9.59 Å². The molecule has 6 aromatic rings. The first kappa shape index (κ1) is 14.9. The molecular formula is C22H11BrN2O2. The summed E-state index contributed by atoms with van der Waals surface area (Å²) in [7, 11) is 0. The van der Waals surface area contributed by atoms with Gasteiger partial charge in [-0.05, 0) is 55.7 Å². The summed E-state index contributed by atoms with van der Waals surface area (Å²) < 4.78 is 3.67. The first-order valence-electron chi connectivity index (χ1n) is 8.58. The van der Waals surface area contributed by atoms with Crippen LogP contribution in [0.25, 0.3) is 43.4 Å². The van der Waals surface area contributed by atoms with Gasteiger partial charge in [-0.15, -0.1) is 0 Å². The molecule has 0 saturated heterocycles. The molecule has 2 aromatic heterocycles. The normalized spacial score (nSPS) is 12.2. The summed E-state index contributed by atoms with van der Waals surface area (Å²) in [5.74, 6) is 0. The van der Waals surface area contributed by atoms with Gasteiger partial charge in [-0.2, -0.15) is 4.52 Å². The Morgan fingerprint density at radius 3 is 2.22 bits per heavy atom. The lowest BCUT2D eigenvalue weighted by molar-refractivity contribution is 0.841. The van der Waals surface area contributed by atoms with Crippen molar-refractivity contribution in [3.05, 3.63) is 91.9 Å². The second-order valence-corrected chi connectivity index (χ2v) is 7.56. The van der Waals surface area contributed by atoms with Crippen LogP contribution < -0.4 is 11.1 Å². The van der Waals surface area contributed by atoms with E-state index in [1.165, 1.54) is 4.52 Å². The van der Waals surface area contributed by atoms with Gasteiger partial charge in [0, 0.05) is 4.47 Å². The minimum Gasteiger partial charge on any atom is -0.267 e. The van der Waals surface area contributed by atoms with Gasteiger partial charge in [0.2, 0.25) is 0 Å². The third-order valence-corrected chi connectivity index (χ3v) is 6.03. The van der Waals surface area contributed by atoms with E-state index in [9.17, 15) is 9.59 Å². The van der Waals surface area contributed by atoms with Crippen LogP contribution in [0.15, 0.2) is 80.8 Å². The van der Waals surface area contributed by atoms with E-state index in [-0.39, 0.29) is 11.1 Å². The monoisotopic (exact) mass is 414 g/mol. The van der Waals surface area contributed by atoms with E-state index in [4.69, 9.17) is 0 Å². The molecule has 4 nitrogen and oxygen atoms in total. The van der Waals surface area contributed by atoms with Crippen molar-refractivity contribution in [2.45, 2.75) is 0 Å². The minimum atomic E-state index is -0.299. The maximum absolute atomic E-state index is 13.3. The van der Waals surface area contributed by atoms with Crippen molar-refractivity contribution >= 4 is 59.3 Å². The summed E-state index contributed by atoms with van der Waals surface area (Å²) >= 11 is 3.44. The summed E-state index contributed by atoms with van der Waals surface area (Å²) in [6.07, 6.45) is 0. The Morgan fingerprint density at radius 1 is 0.593 bits per heavy atom. The van der Waals surface area contributed by atoms with Crippen LogP contribution in [-0.2, 0) is 0 Å². The quantitative estimate of drug-likeness (QED) is 0.341. The lowest BCUT2D eigenvalue weighted by Crippen LogP contribution is -2.21. The lowest BCUT2D eigenvalue weighted by Gasteiger charge is -2.04. The minimum absolute atomic E-state index is 0.279. The number of nitrogens with zero attached hydrogens (tertiary/aromatic N) is 2. The van der Waals surface area contributed by atoms with Crippen molar-refractivity contribution < 1.29 is 0 Å². The first-order chi connectivity index (χ1) is 13.2. The number of aromatic nitrogens is 2. The van der Waals surface area contributed by atoms with Crippen LogP contribution in [0, 0.1) is 0 Å². The fourth-order valence-corrected chi connectivity index (χ4v) is 4.74. The van der Waals surface area contributed by atoms with Crippen LogP contribution in [0.1, 0.15) is 0 Å². The van der Waals surface area contributed by atoms with Crippen molar-refractivity contribution in [3.8, 4) is 0 Å². The average molecular weight is 415 g/mol. The highest BCUT2D eigenvalue weighted by Gasteiger charge is 2.20. The highest BCUT2D eigenvalue weighted by Crippen LogP contribution is 2.31. The number of halogens is 1. The second kappa shape index (κ2) is 4.96. The molecule has 0 aliphatic carbocycles. The molecule has 5 heteroatoms. The molecular weight excluding hydrogens is 404 g/mol. The zero-order valence-corrected chi connectivity index (χ0v) is 15.5. The van der Waals surface area contributed by atoms with E-state index in [1.54, 1.807) is 4.52 Å². The Balaban J connectivity index is 1.95. The van der Waals surface area contributed by atoms with Gasteiger partial charge in [-0.1, -0.05) is 48.5 Å².